The van der Waals surface area contributed by atoms with Crippen molar-refractivity contribution in [1.29, 1.82) is 0 Å². The lowest BCUT2D eigenvalue weighted by atomic mass is 10.2. The first-order valence-electron chi connectivity index (χ1n) is 10.8. The Bertz CT molecular complexity index is 1130. The van der Waals surface area contributed by atoms with Crippen LogP contribution in [0.4, 0.5) is 10.5 Å². The minimum atomic E-state index is -0.626. The van der Waals surface area contributed by atoms with E-state index in [1.807, 2.05) is 13.8 Å². The Morgan fingerprint density at radius 3 is 2.49 bits per heavy atom. The zero-order valence-corrected chi connectivity index (χ0v) is 20.4. The van der Waals surface area contributed by atoms with Crippen LogP contribution >= 0.6 is 11.8 Å². The third kappa shape index (κ3) is 7.35. The van der Waals surface area contributed by atoms with Crippen molar-refractivity contribution < 1.29 is 33.4 Å². The largest absolute Gasteiger partial charge is 0.495 e. The topological polar surface area (TPSA) is 111 Å². The van der Waals surface area contributed by atoms with Crippen molar-refractivity contribution >= 4 is 46.5 Å². The van der Waals surface area contributed by atoms with Crippen LogP contribution in [0.1, 0.15) is 19.4 Å². The monoisotopic (exact) mass is 498 g/mol. The van der Waals surface area contributed by atoms with Gasteiger partial charge in [0.1, 0.15) is 18.0 Å². The number of hydrogen-bond donors (Lipinski definition) is 1. The van der Waals surface area contributed by atoms with Gasteiger partial charge in [0, 0.05) is 0 Å². The highest BCUT2D eigenvalue weighted by molar-refractivity contribution is 8.18. The standard InChI is InChI=1S/C25H26N2O7S/c1-16(2)14-34-23(29)13-27-24(30)21(35-25(27)31)12-17-8-10-18(11-9-17)33-15-22(28)26-19-6-4-5-7-20(19)32-3/h4-12,16H,13-15H2,1-3H3,(H,26,28)/b21-12-. The maximum absolute atomic E-state index is 12.6. The number of anilines is 1. The van der Waals surface area contributed by atoms with Crippen LogP contribution in [-0.4, -0.2) is 54.8 Å². The summed E-state index contributed by atoms with van der Waals surface area (Å²) in [6.45, 7) is 3.38. The molecule has 1 saturated heterocycles. The van der Waals surface area contributed by atoms with Gasteiger partial charge in [-0.25, -0.2) is 0 Å². The summed E-state index contributed by atoms with van der Waals surface area (Å²) in [6.07, 6.45) is 1.56. The molecule has 1 heterocycles. The predicted octanol–water partition coefficient (Wildman–Crippen LogP) is 3.95. The van der Waals surface area contributed by atoms with Crippen molar-refractivity contribution in [3.63, 3.8) is 0 Å². The molecule has 2 aromatic rings. The fourth-order valence-electron chi connectivity index (χ4n) is 2.97. The average Bonchev–Trinajstić information content (AvgIpc) is 3.10. The lowest BCUT2D eigenvalue weighted by Crippen LogP contribution is -2.34. The number of carbonyl (C=O) groups is 4. The molecule has 2 aromatic carbocycles. The molecule has 9 nitrogen and oxygen atoms in total. The Labute approximate surface area is 207 Å². The van der Waals surface area contributed by atoms with Crippen LogP contribution in [0.25, 0.3) is 6.08 Å². The Hall–Kier alpha value is -3.79. The molecule has 1 fully saturated rings. The summed E-state index contributed by atoms with van der Waals surface area (Å²) in [7, 11) is 1.52. The number of ether oxygens (including phenoxy) is 3. The van der Waals surface area contributed by atoms with Gasteiger partial charge in [0.25, 0.3) is 17.1 Å². The Kier molecular flexibility index (Phi) is 8.91. The van der Waals surface area contributed by atoms with E-state index in [0.717, 1.165) is 16.7 Å². The molecule has 3 amide bonds. The highest BCUT2D eigenvalue weighted by Gasteiger charge is 2.36. The number of benzene rings is 2. The smallest absolute Gasteiger partial charge is 0.326 e. The summed E-state index contributed by atoms with van der Waals surface area (Å²) in [5.74, 6) is -0.365. The summed E-state index contributed by atoms with van der Waals surface area (Å²) in [4.78, 5) is 49.9. The van der Waals surface area contributed by atoms with Gasteiger partial charge in [-0.05, 0) is 53.6 Å². The van der Waals surface area contributed by atoms with E-state index >= 15 is 0 Å². The van der Waals surface area contributed by atoms with Crippen molar-refractivity contribution in [2.24, 2.45) is 5.92 Å². The predicted molar refractivity (Wildman–Crippen MR) is 132 cm³/mol. The summed E-state index contributed by atoms with van der Waals surface area (Å²) in [5.41, 5.74) is 1.20. The first-order chi connectivity index (χ1) is 16.8. The number of thioether (sulfide) groups is 1. The van der Waals surface area contributed by atoms with E-state index in [-0.39, 0.29) is 29.9 Å². The van der Waals surface area contributed by atoms with Crippen molar-refractivity contribution in [2.45, 2.75) is 13.8 Å². The van der Waals surface area contributed by atoms with E-state index in [4.69, 9.17) is 14.2 Å². The Morgan fingerprint density at radius 1 is 1.09 bits per heavy atom. The number of carbonyl (C=O) groups excluding carboxylic acids is 4. The number of amides is 3. The Morgan fingerprint density at radius 2 is 1.80 bits per heavy atom. The minimum absolute atomic E-state index is 0.155. The van der Waals surface area contributed by atoms with Gasteiger partial charge in [0.05, 0.1) is 24.3 Å². The second kappa shape index (κ2) is 12.1. The van der Waals surface area contributed by atoms with Crippen LogP contribution in [0.2, 0.25) is 0 Å². The summed E-state index contributed by atoms with van der Waals surface area (Å²) in [5, 5.41) is 2.20. The fourth-order valence-corrected chi connectivity index (χ4v) is 3.80. The van der Waals surface area contributed by atoms with E-state index in [0.29, 0.717) is 22.7 Å². The SMILES string of the molecule is COc1ccccc1NC(=O)COc1ccc(/C=C2\SC(=O)N(CC(=O)OCC(C)C)C2=O)cc1. The van der Waals surface area contributed by atoms with Gasteiger partial charge >= 0.3 is 5.97 Å². The minimum Gasteiger partial charge on any atom is -0.495 e. The van der Waals surface area contributed by atoms with E-state index in [9.17, 15) is 19.2 Å². The molecule has 10 heteroatoms. The first kappa shape index (κ1) is 25.8. The number of rotatable bonds is 10. The van der Waals surface area contributed by atoms with Crippen LogP contribution in [-0.2, 0) is 19.1 Å². The quantitative estimate of drug-likeness (QED) is 0.387. The lowest BCUT2D eigenvalue weighted by molar-refractivity contribution is -0.147. The molecule has 35 heavy (non-hydrogen) atoms. The van der Waals surface area contributed by atoms with Gasteiger partial charge in [-0.2, -0.15) is 0 Å². The molecular weight excluding hydrogens is 472 g/mol. The normalized spacial score (nSPS) is 14.4. The molecule has 1 N–H and O–H groups in total. The van der Waals surface area contributed by atoms with Gasteiger partial charge in [0.2, 0.25) is 0 Å². The number of para-hydroxylation sites is 2. The van der Waals surface area contributed by atoms with Crippen molar-refractivity contribution in [3.8, 4) is 11.5 Å². The molecule has 0 aliphatic carbocycles. The summed E-state index contributed by atoms with van der Waals surface area (Å²) >= 11 is 0.762. The van der Waals surface area contributed by atoms with Crippen molar-refractivity contribution in [3.05, 3.63) is 59.0 Å². The van der Waals surface area contributed by atoms with Crippen LogP contribution in [0, 0.1) is 5.92 Å². The van der Waals surface area contributed by atoms with Gasteiger partial charge in [-0.1, -0.05) is 38.1 Å². The van der Waals surface area contributed by atoms with E-state index in [1.54, 1.807) is 54.6 Å². The zero-order chi connectivity index (χ0) is 25.4. The molecule has 1 aliphatic heterocycles. The van der Waals surface area contributed by atoms with E-state index < -0.39 is 23.7 Å². The highest BCUT2D eigenvalue weighted by atomic mass is 32.2. The van der Waals surface area contributed by atoms with Crippen molar-refractivity contribution in [2.75, 3.05) is 32.2 Å². The second-order valence-electron chi connectivity index (χ2n) is 7.95. The maximum Gasteiger partial charge on any atom is 0.326 e. The number of esters is 1. The molecule has 0 unspecified atom stereocenters. The first-order valence-corrected chi connectivity index (χ1v) is 11.6. The third-order valence-corrected chi connectivity index (χ3v) is 5.57. The molecule has 0 atom stereocenters. The molecule has 0 saturated carbocycles. The van der Waals surface area contributed by atoms with Crippen molar-refractivity contribution in [1.82, 2.24) is 4.90 Å². The van der Waals surface area contributed by atoms with Crippen LogP contribution in [0.15, 0.2) is 53.4 Å². The second-order valence-corrected chi connectivity index (χ2v) is 8.94. The molecule has 0 spiro atoms. The number of nitrogens with zero attached hydrogens (tertiary/aromatic N) is 1. The molecule has 184 valence electrons. The van der Waals surface area contributed by atoms with E-state index in [1.165, 1.54) is 7.11 Å². The summed E-state index contributed by atoms with van der Waals surface area (Å²) < 4.78 is 15.8. The van der Waals surface area contributed by atoms with E-state index in [2.05, 4.69) is 5.32 Å². The number of imide groups is 1. The van der Waals surface area contributed by atoms with Crippen LogP contribution in [0.5, 0.6) is 11.5 Å². The zero-order valence-electron chi connectivity index (χ0n) is 19.6. The van der Waals surface area contributed by atoms with Crippen LogP contribution in [0.3, 0.4) is 0 Å². The molecule has 0 aromatic heterocycles. The molecule has 3 rings (SSSR count). The lowest BCUT2D eigenvalue weighted by Gasteiger charge is -2.12. The van der Waals surface area contributed by atoms with Gasteiger partial charge in [-0.3, -0.25) is 24.1 Å². The van der Waals surface area contributed by atoms with Gasteiger partial charge < -0.3 is 19.5 Å². The van der Waals surface area contributed by atoms with Gasteiger partial charge in [-0.15, -0.1) is 0 Å². The fraction of sp³-hybridized carbons (Fsp3) is 0.280. The van der Waals surface area contributed by atoms with Gasteiger partial charge in [0.15, 0.2) is 6.61 Å². The molecule has 0 bridgehead atoms. The molecular formula is C25H26N2O7S. The third-order valence-electron chi connectivity index (χ3n) is 4.67. The number of methoxy groups -OCH3 is 1. The average molecular weight is 499 g/mol. The highest BCUT2D eigenvalue weighted by Crippen LogP contribution is 2.32. The Balaban J connectivity index is 1.54. The number of nitrogens with one attached hydrogen (secondary N) is 1. The molecule has 0 radical (unpaired) electrons. The molecule has 1 aliphatic rings. The summed E-state index contributed by atoms with van der Waals surface area (Å²) in [6, 6.07) is 13.7. The number of hydrogen-bond acceptors (Lipinski definition) is 8. The van der Waals surface area contributed by atoms with Crippen LogP contribution < -0.4 is 14.8 Å². The maximum atomic E-state index is 12.6.